The van der Waals surface area contributed by atoms with Crippen molar-refractivity contribution in [2.24, 2.45) is 7.05 Å². The molecule has 0 aliphatic heterocycles. The van der Waals surface area contributed by atoms with E-state index < -0.39 is 0 Å². The number of benzene rings is 2. The Morgan fingerprint density at radius 3 is 2.35 bits per heavy atom. The molecule has 0 bridgehead atoms. The van der Waals surface area contributed by atoms with Crippen LogP contribution in [-0.4, -0.2) is 20.8 Å². The van der Waals surface area contributed by atoms with Gasteiger partial charge in [-0.05, 0) is 48.6 Å². The van der Waals surface area contributed by atoms with Crippen LogP contribution in [0.1, 0.15) is 23.1 Å². The second-order valence-corrected chi connectivity index (χ2v) is 9.07. The molecule has 0 fully saturated rings. The van der Waals surface area contributed by atoms with Crippen molar-refractivity contribution >= 4 is 33.2 Å². The van der Waals surface area contributed by atoms with Gasteiger partial charge >= 0.3 is 5.69 Å². The molecule has 5 nitrogen and oxygen atoms in total. The van der Waals surface area contributed by atoms with E-state index in [1.165, 1.54) is 15.9 Å². The van der Waals surface area contributed by atoms with Gasteiger partial charge < -0.3 is 5.11 Å². The Morgan fingerprint density at radius 1 is 1.03 bits per heavy atom. The largest absolute Gasteiger partial charge is 0.396 e. The fraction of sp³-hybridized carbons (Fsp3) is 0.250. The van der Waals surface area contributed by atoms with Crippen molar-refractivity contribution < 1.29 is 5.11 Å². The molecule has 0 aliphatic carbocycles. The molecule has 4 aromatic rings. The summed E-state index contributed by atoms with van der Waals surface area (Å²) >= 11 is 7.52. The van der Waals surface area contributed by atoms with Gasteiger partial charge in [-0.25, -0.2) is 4.79 Å². The van der Waals surface area contributed by atoms with E-state index >= 15 is 0 Å². The van der Waals surface area contributed by atoms with Gasteiger partial charge in [0, 0.05) is 30.1 Å². The average Bonchev–Trinajstić information content (AvgIpc) is 3.14. The summed E-state index contributed by atoms with van der Waals surface area (Å²) in [4.78, 5) is 27.9. The zero-order valence-corrected chi connectivity index (χ0v) is 19.0. The summed E-state index contributed by atoms with van der Waals surface area (Å²) in [7, 11) is 1.70. The minimum absolute atomic E-state index is 0.0798. The molecule has 31 heavy (non-hydrogen) atoms. The number of aryl methyl sites for hydroxylation is 2. The molecule has 0 unspecified atom stereocenters. The normalized spacial score (nSPS) is 11.4. The first-order valence-electron chi connectivity index (χ1n) is 10.1. The molecule has 0 radical (unpaired) electrons. The van der Waals surface area contributed by atoms with Crippen LogP contribution in [0.25, 0.3) is 20.7 Å². The third-order valence-electron chi connectivity index (χ3n) is 5.42. The number of aromatic nitrogens is 2. The van der Waals surface area contributed by atoms with Crippen molar-refractivity contribution in [2.45, 2.75) is 26.3 Å². The van der Waals surface area contributed by atoms with Gasteiger partial charge in [-0.3, -0.25) is 13.9 Å². The molecular weight excluding hydrogens is 432 g/mol. The zero-order chi connectivity index (χ0) is 22.1. The molecule has 0 spiro atoms. The number of rotatable bonds is 6. The SMILES string of the molecule is Cc1ccc(-c2sc3c(c2Cc2ccc(Cl)cc2)c(=O)n(CCCO)c(=O)n3C)cc1. The van der Waals surface area contributed by atoms with Crippen molar-refractivity contribution in [3.05, 3.63) is 91.1 Å². The van der Waals surface area contributed by atoms with Crippen molar-refractivity contribution in [3.8, 4) is 10.4 Å². The molecule has 2 aromatic heterocycles. The lowest BCUT2D eigenvalue weighted by Gasteiger charge is -2.09. The molecule has 0 saturated carbocycles. The first-order chi connectivity index (χ1) is 14.9. The summed E-state index contributed by atoms with van der Waals surface area (Å²) < 4.78 is 2.78. The van der Waals surface area contributed by atoms with Gasteiger partial charge in [-0.1, -0.05) is 53.6 Å². The summed E-state index contributed by atoms with van der Waals surface area (Å²) in [5.74, 6) is 0. The van der Waals surface area contributed by atoms with Crippen LogP contribution in [0.5, 0.6) is 0 Å². The molecule has 0 aliphatic rings. The topological polar surface area (TPSA) is 64.2 Å². The number of hydrogen-bond acceptors (Lipinski definition) is 4. The maximum Gasteiger partial charge on any atom is 0.331 e. The van der Waals surface area contributed by atoms with Gasteiger partial charge in [-0.2, -0.15) is 0 Å². The van der Waals surface area contributed by atoms with E-state index in [1.54, 1.807) is 11.6 Å². The first kappa shape index (κ1) is 21.6. The number of nitrogens with zero attached hydrogens (tertiary/aromatic N) is 2. The Kier molecular flexibility index (Phi) is 6.14. The predicted molar refractivity (Wildman–Crippen MR) is 127 cm³/mol. The smallest absolute Gasteiger partial charge is 0.331 e. The lowest BCUT2D eigenvalue weighted by Crippen LogP contribution is -2.39. The molecule has 2 heterocycles. The van der Waals surface area contributed by atoms with Gasteiger partial charge in [0.15, 0.2) is 0 Å². The van der Waals surface area contributed by atoms with Crippen LogP contribution in [0.4, 0.5) is 0 Å². The Hall–Kier alpha value is -2.67. The number of aliphatic hydroxyl groups excluding tert-OH is 1. The summed E-state index contributed by atoms with van der Waals surface area (Å²) in [5.41, 5.74) is 3.45. The van der Waals surface area contributed by atoms with Gasteiger partial charge in [0.25, 0.3) is 5.56 Å². The molecule has 7 heteroatoms. The highest BCUT2D eigenvalue weighted by Crippen LogP contribution is 2.38. The maximum atomic E-state index is 13.4. The van der Waals surface area contributed by atoms with Crippen molar-refractivity contribution in [2.75, 3.05) is 6.61 Å². The Bertz CT molecular complexity index is 1350. The number of thiophene rings is 1. The van der Waals surface area contributed by atoms with Crippen molar-refractivity contribution in [1.29, 1.82) is 0 Å². The van der Waals surface area contributed by atoms with Crippen molar-refractivity contribution in [3.63, 3.8) is 0 Å². The summed E-state index contributed by atoms with van der Waals surface area (Å²) in [6, 6.07) is 15.8. The summed E-state index contributed by atoms with van der Waals surface area (Å²) in [6.45, 7) is 2.14. The van der Waals surface area contributed by atoms with E-state index in [-0.39, 0.29) is 24.4 Å². The van der Waals surface area contributed by atoms with Crippen LogP contribution >= 0.6 is 22.9 Å². The fourth-order valence-corrected chi connectivity index (χ4v) is 5.14. The van der Waals surface area contributed by atoms with Gasteiger partial charge in [-0.15, -0.1) is 11.3 Å². The third-order valence-corrected chi connectivity index (χ3v) is 7.03. The quantitative estimate of drug-likeness (QED) is 0.470. The third kappa shape index (κ3) is 4.11. The van der Waals surface area contributed by atoms with Gasteiger partial charge in [0.1, 0.15) is 4.83 Å². The Balaban J connectivity index is 2.01. The molecule has 0 atom stereocenters. The average molecular weight is 455 g/mol. The van der Waals surface area contributed by atoms with Crippen LogP contribution in [0, 0.1) is 6.92 Å². The Labute approximate surface area is 188 Å². The molecular formula is C24H23ClN2O3S. The molecule has 160 valence electrons. The number of hydrogen-bond donors (Lipinski definition) is 1. The molecule has 0 amide bonds. The number of halogens is 1. The summed E-state index contributed by atoms with van der Waals surface area (Å²) in [6.07, 6.45) is 0.899. The highest BCUT2D eigenvalue weighted by molar-refractivity contribution is 7.22. The Morgan fingerprint density at radius 2 is 1.71 bits per heavy atom. The van der Waals surface area contributed by atoms with Crippen LogP contribution < -0.4 is 11.2 Å². The molecule has 4 rings (SSSR count). The highest BCUT2D eigenvalue weighted by Gasteiger charge is 2.22. The van der Waals surface area contributed by atoms with Crippen molar-refractivity contribution in [1.82, 2.24) is 9.13 Å². The second kappa shape index (κ2) is 8.83. The minimum Gasteiger partial charge on any atom is -0.396 e. The van der Waals surface area contributed by atoms with E-state index in [1.807, 2.05) is 55.5 Å². The highest BCUT2D eigenvalue weighted by atomic mass is 35.5. The van der Waals surface area contributed by atoms with E-state index in [4.69, 9.17) is 11.6 Å². The van der Waals surface area contributed by atoms with Gasteiger partial charge in [0.05, 0.1) is 5.39 Å². The molecule has 0 saturated heterocycles. The van der Waals surface area contributed by atoms with Crippen LogP contribution in [0.3, 0.4) is 0 Å². The van der Waals surface area contributed by atoms with E-state index in [9.17, 15) is 14.7 Å². The summed E-state index contributed by atoms with van der Waals surface area (Å²) in [5, 5.41) is 10.4. The molecule has 2 aromatic carbocycles. The second-order valence-electron chi connectivity index (χ2n) is 7.63. The minimum atomic E-state index is -0.360. The molecule has 1 N–H and O–H groups in total. The maximum absolute atomic E-state index is 13.4. The lowest BCUT2D eigenvalue weighted by molar-refractivity contribution is 0.277. The predicted octanol–water partition coefficient (Wildman–Crippen LogP) is 4.36. The van der Waals surface area contributed by atoms with Crippen LogP contribution in [0.15, 0.2) is 58.1 Å². The number of fused-ring (bicyclic) bond motifs is 1. The first-order valence-corrected chi connectivity index (χ1v) is 11.3. The van der Waals surface area contributed by atoms with E-state index in [0.29, 0.717) is 28.1 Å². The van der Waals surface area contributed by atoms with E-state index in [0.717, 1.165) is 27.1 Å². The lowest BCUT2D eigenvalue weighted by atomic mass is 9.99. The van der Waals surface area contributed by atoms with Crippen LogP contribution in [0.2, 0.25) is 5.02 Å². The number of aliphatic hydroxyl groups is 1. The fourth-order valence-electron chi connectivity index (χ4n) is 3.74. The van der Waals surface area contributed by atoms with Gasteiger partial charge in [0.2, 0.25) is 0 Å². The monoisotopic (exact) mass is 454 g/mol. The van der Waals surface area contributed by atoms with E-state index in [2.05, 4.69) is 0 Å². The van der Waals surface area contributed by atoms with Crippen LogP contribution in [-0.2, 0) is 20.0 Å². The zero-order valence-electron chi connectivity index (χ0n) is 17.4. The standard InChI is InChI=1S/C24H23ClN2O3S/c1-15-4-8-17(9-5-15)21-19(14-16-6-10-18(25)11-7-16)20-22(29)27(12-3-13-28)24(30)26(2)23(20)31-21/h4-11,28H,3,12-14H2,1-2H3.